The maximum absolute atomic E-state index is 5.68. The predicted molar refractivity (Wildman–Crippen MR) is 82.3 cm³/mol. The number of nitrogen functional groups attached to an aromatic ring is 1. The Kier molecular flexibility index (Phi) is 3.73. The molecule has 0 amide bonds. The largest absolute Gasteiger partial charge is 0.466 e. The van der Waals surface area contributed by atoms with Gasteiger partial charge in [-0.15, -0.1) is 22.0 Å². The first-order valence-corrected chi connectivity index (χ1v) is 8.08. The quantitative estimate of drug-likeness (QED) is 0.734. The molecule has 0 aliphatic heterocycles. The second-order valence-corrected chi connectivity index (χ2v) is 6.82. The second-order valence-electron chi connectivity index (χ2n) is 4.54. The number of nitrogens with zero attached hydrogens (tertiary/aromatic N) is 3. The summed E-state index contributed by atoms with van der Waals surface area (Å²) in [6.07, 6.45) is 0. The normalized spacial score (nSPS) is 11.2. The molecule has 0 saturated heterocycles. The van der Waals surface area contributed by atoms with E-state index in [9.17, 15) is 0 Å². The number of aromatic nitrogens is 3. The van der Waals surface area contributed by atoms with Crippen LogP contribution in [0.4, 0.5) is 5.13 Å². The van der Waals surface area contributed by atoms with Crippen LogP contribution in [-0.4, -0.2) is 15.2 Å². The van der Waals surface area contributed by atoms with Crippen molar-refractivity contribution >= 4 is 28.2 Å². The van der Waals surface area contributed by atoms with Gasteiger partial charge in [0.15, 0.2) is 5.13 Å². The molecule has 3 aromatic heterocycles. The summed E-state index contributed by atoms with van der Waals surface area (Å²) in [5.41, 5.74) is 7.46. The van der Waals surface area contributed by atoms with Crippen LogP contribution in [0.2, 0.25) is 0 Å². The topological polar surface area (TPSA) is 91.0 Å². The Bertz CT molecular complexity index is 775. The van der Waals surface area contributed by atoms with Gasteiger partial charge < -0.3 is 14.6 Å². The van der Waals surface area contributed by atoms with Gasteiger partial charge in [-0.2, -0.15) is 0 Å². The van der Waals surface area contributed by atoms with Crippen LogP contribution in [-0.2, 0) is 5.75 Å². The van der Waals surface area contributed by atoms with Crippen molar-refractivity contribution < 1.29 is 8.83 Å². The van der Waals surface area contributed by atoms with E-state index in [0.29, 0.717) is 22.7 Å². The number of hydrogen-bond acceptors (Lipinski definition) is 8. The highest BCUT2D eigenvalue weighted by Gasteiger charge is 2.15. The number of thiazole rings is 1. The lowest BCUT2D eigenvalue weighted by molar-refractivity contribution is 0.499. The third-order valence-electron chi connectivity index (χ3n) is 2.84. The molecule has 0 aliphatic carbocycles. The van der Waals surface area contributed by atoms with Crippen molar-refractivity contribution in [2.75, 3.05) is 5.73 Å². The van der Waals surface area contributed by atoms with Crippen molar-refractivity contribution in [1.82, 2.24) is 15.2 Å². The monoisotopic (exact) mass is 322 g/mol. The third-order valence-corrected chi connectivity index (χ3v) is 5.17. The molecule has 3 heterocycles. The van der Waals surface area contributed by atoms with E-state index in [-0.39, 0.29) is 0 Å². The van der Waals surface area contributed by atoms with Gasteiger partial charge >= 0.3 is 0 Å². The van der Waals surface area contributed by atoms with E-state index >= 15 is 0 Å². The number of nitrogens with two attached hydrogens (primary N) is 1. The first-order chi connectivity index (χ1) is 10.0. The van der Waals surface area contributed by atoms with E-state index in [2.05, 4.69) is 15.2 Å². The van der Waals surface area contributed by atoms with E-state index in [1.54, 1.807) is 11.8 Å². The highest BCUT2D eigenvalue weighted by atomic mass is 32.2. The molecule has 0 saturated carbocycles. The van der Waals surface area contributed by atoms with Crippen LogP contribution in [0.1, 0.15) is 23.1 Å². The minimum atomic E-state index is 0.487. The van der Waals surface area contributed by atoms with E-state index in [0.717, 1.165) is 27.0 Å². The van der Waals surface area contributed by atoms with Gasteiger partial charge in [0, 0.05) is 0 Å². The van der Waals surface area contributed by atoms with Gasteiger partial charge in [0.1, 0.15) is 11.5 Å². The van der Waals surface area contributed by atoms with Crippen molar-refractivity contribution in [3.05, 3.63) is 29.2 Å². The van der Waals surface area contributed by atoms with Crippen molar-refractivity contribution in [3.63, 3.8) is 0 Å². The number of anilines is 1. The van der Waals surface area contributed by atoms with E-state index in [4.69, 9.17) is 14.6 Å². The van der Waals surface area contributed by atoms with Gasteiger partial charge in [-0.3, -0.25) is 0 Å². The van der Waals surface area contributed by atoms with Crippen LogP contribution in [0, 0.1) is 20.8 Å². The Balaban J connectivity index is 1.73. The summed E-state index contributed by atoms with van der Waals surface area (Å²) in [5.74, 6) is 3.25. The van der Waals surface area contributed by atoms with Crippen LogP contribution in [0.5, 0.6) is 0 Å². The van der Waals surface area contributed by atoms with Gasteiger partial charge in [0.25, 0.3) is 5.89 Å². The molecule has 3 rings (SSSR count). The number of furan rings is 1. The van der Waals surface area contributed by atoms with E-state index < -0.39 is 0 Å². The zero-order chi connectivity index (χ0) is 15.0. The van der Waals surface area contributed by atoms with Crippen molar-refractivity contribution in [2.45, 2.75) is 30.7 Å². The van der Waals surface area contributed by atoms with Crippen LogP contribution in [0.15, 0.2) is 19.1 Å². The fourth-order valence-electron chi connectivity index (χ4n) is 1.93. The van der Waals surface area contributed by atoms with Gasteiger partial charge in [-0.05, 0) is 26.8 Å². The van der Waals surface area contributed by atoms with Gasteiger partial charge in [-0.1, -0.05) is 11.3 Å². The highest BCUT2D eigenvalue weighted by Crippen LogP contribution is 2.33. The fraction of sp³-hybridized carbons (Fsp3) is 0.308. The average Bonchev–Trinajstić information content (AvgIpc) is 3.07. The van der Waals surface area contributed by atoms with Crippen molar-refractivity contribution in [3.8, 4) is 11.5 Å². The molecule has 110 valence electrons. The molecular weight excluding hydrogens is 308 g/mol. The first-order valence-electron chi connectivity index (χ1n) is 6.28. The van der Waals surface area contributed by atoms with Gasteiger partial charge in [0.05, 0.1) is 21.2 Å². The van der Waals surface area contributed by atoms with Gasteiger partial charge in [0.2, 0.25) is 5.89 Å². The maximum Gasteiger partial charge on any atom is 0.251 e. The highest BCUT2D eigenvalue weighted by molar-refractivity contribution is 8.00. The van der Waals surface area contributed by atoms with Gasteiger partial charge in [-0.25, -0.2) is 4.98 Å². The molecule has 0 spiro atoms. The standard InChI is InChI=1S/C13H14N4O2S2/c1-6-4-9(8(3)18-6)11-17-16-10(19-11)5-20-12-7(2)15-13(14)21-12/h4H,5H2,1-3H3,(H2,14,15). The molecule has 0 radical (unpaired) electrons. The van der Waals surface area contributed by atoms with Crippen LogP contribution < -0.4 is 5.73 Å². The lowest BCUT2D eigenvalue weighted by atomic mass is 10.2. The SMILES string of the molecule is Cc1cc(-c2nnc(CSc3sc(N)nc3C)o2)c(C)o1. The molecule has 8 heteroatoms. The smallest absolute Gasteiger partial charge is 0.251 e. The lowest BCUT2D eigenvalue weighted by Crippen LogP contribution is -1.81. The summed E-state index contributed by atoms with van der Waals surface area (Å²) in [5, 5.41) is 8.72. The molecule has 0 atom stereocenters. The summed E-state index contributed by atoms with van der Waals surface area (Å²) < 4.78 is 12.2. The molecule has 0 aliphatic rings. The Morgan fingerprint density at radius 1 is 1.24 bits per heavy atom. The maximum atomic E-state index is 5.68. The minimum absolute atomic E-state index is 0.487. The molecule has 0 fully saturated rings. The van der Waals surface area contributed by atoms with Crippen LogP contribution in [0.25, 0.3) is 11.5 Å². The molecule has 3 aromatic rings. The Morgan fingerprint density at radius 2 is 2.05 bits per heavy atom. The molecule has 6 nitrogen and oxygen atoms in total. The lowest BCUT2D eigenvalue weighted by Gasteiger charge is -1.94. The fourth-order valence-corrected chi connectivity index (χ4v) is 3.79. The average molecular weight is 322 g/mol. The van der Waals surface area contributed by atoms with Crippen molar-refractivity contribution in [2.24, 2.45) is 0 Å². The third kappa shape index (κ3) is 2.96. The Labute approximate surface area is 129 Å². The van der Waals surface area contributed by atoms with E-state index in [1.165, 1.54) is 11.3 Å². The zero-order valence-electron chi connectivity index (χ0n) is 11.8. The minimum Gasteiger partial charge on any atom is -0.466 e. The molecule has 0 unspecified atom stereocenters. The Morgan fingerprint density at radius 3 is 2.67 bits per heavy atom. The summed E-state index contributed by atoms with van der Waals surface area (Å²) in [6, 6.07) is 1.90. The van der Waals surface area contributed by atoms with E-state index in [1.807, 2.05) is 26.8 Å². The number of aryl methyl sites for hydroxylation is 3. The summed E-state index contributed by atoms with van der Waals surface area (Å²) in [6.45, 7) is 5.71. The first kappa shape index (κ1) is 14.2. The van der Waals surface area contributed by atoms with Crippen molar-refractivity contribution in [1.29, 1.82) is 0 Å². The summed E-state index contributed by atoms with van der Waals surface area (Å²) in [4.78, 5) is 4.19. The number of rotatable bonds is 4. The number of thioether (sulfide) groups is 1. The van der Waals surface area contributed by atoms with Crippen LogP contribution >= 0.6 is 23.1 Å². The molecular formula is C13H14N4O2S2. The predicted octanol–water partition coefficient (Wildman–Crippen LogP) is 3.59. The molecule has 0 aromatic carbocycles. The Hall–Kier alpha value is -1.80. The zero-order valence-corrected chi connectivity index (χ0v) is 13.5. The molecule has 0 bridgehead atoms. The second kappa shape index (κ2) is 5.53. The molecule has 2 N–H and O–H groups in total. The number of hydrogen-bond donors (Lipinski definition) is 1. The molecule has 21 heavy (non-hydrogen) atoms. The summed E-state index contributed by atoms with van der Waals surface area (Å²) >= 11 is 3.06. The summed E-state index contributed by atoms with van der Waals surface area (Å²) in [7, 11) is 0. The van der Waals surface area contributed by atoms with Crippen LogP contribution in [0.3, 0.4) is 0 Å².